The van der Waals surface area contributed by atoms with Crippen molar-refractivity contribution in [2.45, 2.75) is 25.7 Å². The van der Waals surface area contributed by atoms with Crippen LogP contribution in [0.2, 0.25) is 10.0 Å². The van der Waals surface area contributed by atoms with Gasteiger partial charge in [0.2, 0.25) is 0 Å². The summed E-state index contributed by atoms with van der Waals surface area (Å²) in [4.78, 5) is 0.268. The third-order valence-electron chi connectivity index (χ3n) is 3.05. The van der Waals surface area contributed by atoms with Crippen LogP contribution in [0.1, 0.15) is 16.7 Å². The molecule has 21 heavy (non-hydrogen) atoms. The standard InChI is InChI=1S/C15H15Cl2NO2S/c1-9-6-10(2)15(11(3)7-9)21(19,20)18-14-8-12(16)4-5-13(14)17/h4-8,18H,1-3H3. The second-order valence-corrected chi connectivity index (χ2v) is 7.42. The minimum atomic E-state index is -3.72. The van der Waals surface area contributed by atoms with Crippen molar-refractivity contribution in [3.05, 3.63) is 57.1 Å². The lowest BCUT2D eigenvalue weighted by atomic mass is 10.1. The molecule has 0 aromatic heterocycles. The molecule has 0 amide bonds. The third-order valence-corrected chi connectivity index (χ3v) is 5.28. The summed E-state index contributed by atoms with van der Waals surface area (Å²) in [5.74, 6) is 0. The Balaban J connectivity index is 2.51. The van der Waals surface area contributed by atoms with Crippen LogP contribution < -0.4 is 4.72 Å². The molecule has 2 aromatic rings. The highest BCUT2D eigenvalue weighted by Crippen LogP contribution is 2.29. The van der Waals surface area contributed by atoms with Gasteiger partial charge in [0.05, 0.1) is 15.6 Å². The first-order chi connectivity index (χ1) is 9.70. The summed E-state index contributed by atoms with van der Waals surface area (Å²) in [5.41, 5.74) is 2.67. The molecule has 0 bridgehead atoms. The Hall–Kier alpha value is -1.23. The Labute approximate surface area is 135 Å². The lowest BCUT2D eigenvalue weighted by Crippen LogP contribution is -2.16. The zero-order chi connectivity index (χ0) is 15.8. The van der Waals surface area contributed by atoms with E-state index in [0.29, 0.717) is 21.2 Å². The predicted octanol–water partition coefficient (Wildman–Crippen LogP) is 4.72. The van der Waals surface area contributed by atoms with Crippen LogP contribution in [0.3, 0.4) is 0 Å². The van der Waals surface area contributed by atoms with Crippen molar-refractivity contribution < 1.29 is 8.42 Å². The molecule has 112 valence electrons. The molecule has 0 heterocycles. The fourth-order valence-corrected chi connectivity index (χ4v) is 4.28. The van der Waals surface area contributed by atoms with E-state index in [9.17, 15) is 8.42 Å². The van der Waals surface area contributed by atoms with E-state index in [4.69, 9.17) is 23.2 Å². The normalized spacial score (nSPS) is 11.5. The van der Waals surface area contributed by atoms with Gasteiger partial charge in [-0.3, -0.25) is 4.72 Å². The van der Waals surface area contributed by atoms with E-state index in [0.717, 1.165) is 5.56 Å². The van der Waals surface area contributed by atoms with Crippen molar-refractivity contribution in [1.82, 2.24) is 0 Å². The number of hydrogen-bond donors (Lipinski definition) is 1. The van der Waals surface area contributed by atoms with Crippen molar-refractivity contribution in [3.8, 4) is 0 Å². The quantitative estimate of drug-likeness (QED) is 0.876. The number of nitrogens with one attached hydrogen (secondary N) is 1. The maximum Gasteiger partial charge on any atom is 0.262 e. The number of halogens is 2. The molecule has 0 aliphatic carbocycles. The molecule has 0 unspecified atom stereocenters. The average Bonchev–Trinajstić information content (AvgIpc) is 2.31. The minimum Gasteiger partial charge on any atom is -0.278 e. The molecule has 0 aliphatic rings. The van der Waals surface area contributed by atoms with Gasteiger partial charge in [0, 0.05) is 5.02 Å². The number of anilines is 1. The fraction of sp³-hybridized carbons (Fsp3) is 0.200. The van der Waals surface area contributed by atoms with Gasteiger partial charge in [0.15, 0.2) is 0 Å². The van der Waals surface area contributed by atoms with E-state index in [-0.39, 0.29) is 10.6 Å². The van der Waals surface area contributed by atoms with Gasteiger partial charge < -0.3 is 0 Å². The van der Waals surface area contributed by atoms with Gasteiger partial charge in [-0.2, -0.15) is 0 Å². The predicted molar refractivity (Wildman–Crippen MR) is 87.9 cm³/mol. The second-order valence-electron chi connectivity index (χ2n) is 4.96. The molecule has 0 aliphatic heterocycles. The highest BCUT2D eigenvalue weighted by atomic mass is 35.5. The van der Waals surface area contributed by atoms with Crippen LogP contribution in [0.4, 0.5) is 5.69 Å². The first-order valence-corrected chi connectivity index (χ1v) is 8.50. The van der Waals surface area contributed by atoms with Gasteiger partial charge in [0.1, 0.15) is 0 Å². The van der Waals surface area contributed by atoms with Crippen LogP contribution in [-0.2, 0) is 10.0 Å². The summed E-state index contributed by atoms with van der Waals surface area (Å²) in [5, 5.41) is 0.708. The molecule has 0 atom stereocenters. The summed E-state index contributed by atoms with van der Waals surface area (Å²) in [6.07, 6.45) is 0. The molecule has 0 fully saturated rings. The zero-order valence-electron chi connectivity index (χ0n) is 11.9. The molecule has 0 saturated heterocycles. The minimum absolute atomic E-state index is 0.267. The van der Waals surface area contributed by atoms with Crippen LogP contribution >= 0.6 is 23.2 Å². The number of sulfonamides is 1. The van der Waals surface area contributed by atoms with E-state index in [1.165, 1.54) is 6.07 Å². The topological polar surface area (TPSA) is 46.2 Å². The number of hydrogen-bond acceptors (Lipinski definition) is 2. The molecule has 2 rings (SSSR count). The van der Waals surface area contributed by atoms with E-state index in [2.05, 4.69) is 4.72 Å². The van der Waals surface area contributed by atoms with Crippen molar-refractivity contribution in [3.63, 3.8) is 0 Å². The molecule has 6 heteroatoms. The maximum absolute atomic E-state index is 12.6. The Morgan fingerprint density at radius 3 is 2.10 bits per heavy atom. The fourth-order valence-electron chi connectivity index (χ4n) is 2.36. The second kappa shape index (κ2) is 5.87. The van der Waals surface area contributed by atoms with Gasteiger partial charge in [-0.1, -0.05) is 40.9 Å². The van der Waals surface area contributed by atoms with Gasteiger partial charge in [-0.15, -0.1) is 0 Å². The van der Waals surface area contributed by atoms with E-state index in [1.807, 2.05) is 19.1 Å². The van der Waals surface area contributed by atoms with E-state index < -0.39 is 10.0 Å². The summed E-state index contributed by atoms with van der Waals surface area (Å²) < 4.78 is 27.7. The monoisotopic (exact) mass is 343 g/mol. The summed E-state index contributed by atoms with van der Waals surface area (Å²) >= 11 is 11.9. The largest absolute Gasteiger partial charge is 0.278 e. The lowest BCUT2D eigenvalue weighted by Gasteiger charge is -2.14. The molecule has 3 nitrogen and oxygen atoms in total. The average molecular weight is 344 g/mol. The first kappa shape index (κ1) is 16.1. The molecule has 0 radical (unpaired) electrons. The van der Waals surface area contributed by atoms with Crippen molar-refractivity contribution in [2.24, 2.45) is 0 Å². The highest BCUT2D eigenvalue weighted by Gasteiger charge is 2.21. The molecule has 2 aromatic carbocycles. The van der Waals surface area contributed by atoms with Crippen LogP contribution in [0.5, 0.6) is 0 Å². The maximum atomic E-state index is 12.6. The van der Waals surface area contributed by atoms with E-state index in [1.54, 1.807) is 26.0 Å². The van der Waals surface area contributed by atoms with Crippen LogP contribution in [-0.4, -0.2) is 8.42 Å². The molecular weight excluding hydrogens is 329 g/mol. The third kappa shape index (κ3) is 3.51. The van der Waals surface area contributed by atoms with Crippen LogP contribution in [0.15, 0.2) is 35.2 Å². The van der Waals surface area contributed by atoms with Gasteiger partial charge in [0.25, 0.3) is 10.0 Å². The summed E-state index contributed by atoms with van der Waals surface area (Å²) in [6.45, 7) is 5.47. The van der Waals surface area contributed by atoms with Crippen molar-refractivity contribution in [2.75, 3.05) is 4.72 Å². The smallest absolute Gasteiger partial charge is 0.262 e. The molecule has 0 saturated carbocycles. The van der Waals surface area contributed by atoms with Crippen LogP contribution in [0.25, 0.3) is 0 Å². The van der Waals surface area contributed by atoms with Gasteiger partial charge in [-0.25, -0.2) is 8.42 Å². The van der Waals surface area contributed by atoms with E-state index >= 15 is 0 Å². The number of benzene rings is 2. The Kier molecular flexibility index (Phi) is 4.51. The van der Waals surface area contributed by atoms with Crippen molar-refractivity contribution >= 4 is 38.9 Å². The number of aryl methyl sites for hydroxylation is 3. The lowest BCUT2D eigenvalue weighted by molar-refractivity contribution is 0.600. The Bertz CT molecular complexity index is 778. The molecular formula is C15H15Cl2NO2S. The Morgan fingerprint density at radius 1 is 0.952 bits per heavy atom. The first-order valence-electron chi connectivity index (χ1n) is 6.26. The highest BCUT2D eigenvalue weighted by molar-refractivity contribution is 7.92. The zero-order valence-corrected chi connectivity index (χ0v) is 14.2. The van der Waals surface area contributed by atoms with Crippen LogP contribution in [0, 0.1) is 20.8 Å². The summed E-state index contributed by atoms with van der Waals surface area (Å²) in [7, 11) is -3.72. The van der Waals surface area contributed by atoms with Gasteiger partial charge in [-0.05, 0) is 50.1 Å². The molecule has 0 spiro atoms. The van der Waals surface area contributed by atoms with Gasteiger partial charge >= 0.3 is 0 Å². The SMILES string of the molecule is Cc1cc(C)c(S(=O)(=O)Nc2cc(Cl)ccc2Cl)c(C)c1. The molecule has 1 N–H and O–H groups in total. The van der Waals surface area contributed by atoms with Crippen molar-refractivity contribution in [1.29, 1.82) is 0 Å². The summed E-state index contributed by atoms with van der Waals surface area (Å²) in [6, 6.07) is 8.31. The Morgan fingerprint density at radius 2 is 1.52 bits per heavy atom. The number of rotatable bonds is 3.